The standard InChI is InChI=1S/C12H26N2O/c1-4-7-8-11(13)12(15)14-9-10(5-2)6-3/h10-11H,4-9,13H2,1-3H3,(H,14,15)/t11-/m0/s1. The second-order valence-electron chi connectivity index (χ2n) is 4.18. The summed E-state index contributed by atoms with van der Waals surface area (Å²) in [7, 11) is 0. The Bertz CT molecular complexity index is 167. The summed E-state index contributed by atoms with van der Waals surface area (Å²) in [5, 5.41) is 2.93. The number of hydrogen-bond acceptors (Lipinski definition) is 2. The smallest absolute Gasteiger partial charge is 0.236 e. The van der Waals surface area contributed by atoms with Crippen molar-refractivity contribution >= 4 is 5.91 Å². The molecular formula is C12H26N2O. The molecule has 1 atom stereocenters. The number of carbonyl (C=O) groups excluding carboxylic acids is 1. The van der Waals surface area contributed by atoms with E-state index in [9.17, 15) is 4.79 Å². The van der Waals surface area contributed by atoms with E-state index < -0.39 is 0 Å². The summed E-state index contributed by atoms with van der Waals surface area (Å²) in [5.41, 5.74) is 5.76. The Morgan fingerprint density at radius 1 is 1.27 bits per heavy atom. The minimum Gasteiger partial charge on any atom is -0.354 e. The minimum absolute atomic E-state index is 0.00958. The van der Waals surface area contributed by atoms with Crippen molar-refractivity contribution in [1.29, 1.82) is 0 Å². The van der Waals surface area contributed by atoms with E-state index in [-0.39, 0.29) is 11.9 Å². The van der Waals surface area contributed by atoms with Crippen molar-refractivity contribution in [2.75, 3.05) is 6.54 Å². The molecule has 0 aliphatic carbocycles. The molecule has 3 heteroatoms. The van der Waals surface area contributed by atoms with Crippen LogP contribution in [-0.4, -0.2) is 18.5 Å². The number of nitrogens with one attached hydrogen (secondary N) is 1. The van der Waals surface area contributed by atoms with Gasteiger partial charge in [0.15, 0.2) is 0 Å². The lowest BCUT2D eigenvalue weighted by Gasteiger charge is -2.16. The van der Waals surface area contributed by atoms with Crippen molar-refractivity contribution in [2.24, 2.45) is 11.7 Å². The van der Waals surface area contributed by atoms with E-state index in [4.69, 9.17) is 5.73 Å². The molecule has 0 saturated heterocycles. The molecule has 0 aliphatic rings. The van der Waals surface area contributed by atoms with Gasteiger partial charge in [-0.3, -0.25) is 4.79 Å². The van der Waals surface area contributed by atoms with Gasteiger partial charge in [-0.15, -0.1) is 0 Å². The van der Waals surface area contributed by atoms with Crippen molar-refractivity contribution in [3.63, 3.8) is 0 Å². The van der Waals surface area contributed by atoms with Crippen LogP contribution >= 0.6 is 0 Å². The molecule has 0 bridgehead atoms. The van der Waals surface area contributed by atoms with Gasteiger partial charge >= 0.3 is 0 Å². The lowest BCUT2D eigenvalue weighted by Crippen LogP contribution is -2.42. The first-order valence-electron chi connectivity index (χ1n) is 6.18. The molecule has 0 unspecified atom stereocenters. The maximum Gasteiger partial charge on any atom is 0.236 e. The molecule has 3 N–H and O–H groups in total. The minimum atomic E-state index is -0.320. The van der Waals surface area contributed by atoms with Crippen LogP contribution in [0.1, 0.15) is 52.9 Å². The van der Waals surface area contributed by atoms with E-state index in [1.807, 2.05) is 0 Å². The van der Waals surface area contributed by atoms with E-state index in [0.717, 1.165) is 38.6 Å². The van der Waals surface area contributed by atoms with Gasteiger partial charge in [0.2, 0.25) is 5.91 Å². The number of hydrogen-bond donors (Lipinski definition) is 2. The maximum absolute atomic E-state index is 11.5. The molecule has 15 heavy (non-hydrogen) atoms. The average Bonchev–Trinajstić information content (AvgIpc) is 2.26. The Hall–Kier alpha value is -0.570. The Balaban J connectivity index is 3.71. The summed E-state index contributed by atoms with van der Waals surface area (Å²) < 4.78 is 0. The van der Waals surface area contributed by atoms with Crippen LogP contribution in [0.15, 0.2) is 0 Å². The van der Waals surface area contributed by atoms with Crippen LogP contribution in [0.5, 0.6) is 0 Å². The molecule has 0 heterocycles. The molecule has 0 saturated carbocycles. The molecule has 0 aromatic rings. The van der Waals surface area contributed by atoms with Crippen LogP contribution in [0.4, 0.5) is 0 Å². The fourth-order valence-corrected chi connectivity index (χ4v) is 1.51. The zero-order chi connectivity index (χ0) is 11.7. The van der Waals surface area contributed by atoms with E-state index >= 15 is 0 Å². The monoisotopic (exact) mass is 214 g/mol. The van der Waals surface area contributed by atoms with Crippen molar-refractivity contribution < 1.29 is 4.79 Å². The Kier molecular flexibility index (Phi) is 8.38. The molecule has 0 radical (unpaired) electrons. The molecule has 0 spiro atoms. The van der Waals surface area contributed by atoms with Gasteiger partial charge in [-0.2, -0.15) is 0 Å². The van der Waals surface area contributed by atoms with Crippen LogP contribution < -0.4 is 11.1 Å². The van der Waals surface area contributed by atoms with Crippen LogP contribution in [0.2, 0.25) is 0 Å². The van der Waals surface area contributed by atoms with Crippen LogP contribution in [-0.2, 0) is 4.79 Å². The highest BCUT2D eigenvalue weighted by Crippen LogP contribution is 2.05. The normalized spacial score (nSPS) is 12.9. The Morgan fingerprint density at radius 2 is 1.87 bits per heavy atom. The van der Waals surface area contributed by atoms with Gasteiger partial charge < -0.3 is 11.1 Å². The zero-order valence-corrected chi connectivity index (χ0v) is 10.4. The van der Waals surface area contributed by atoms with E-state index in [1.165, 1.54) is 0 Å². The highest BCUT2D eigenvalue weighted by molar-refractivity contribution is 5.81. The van der Waals surface area contributed by atoms with Gasteiger partial charge in [-0.1, -0.05) is 46.5 Å². The van der Waals surface area contributed by atoms with Crippen molar-refractivity contribution in [2.45, 2.75) is 58.9 Å². The van der Waals surface area contributed by atoms with Gasteiger partial charge in [-0.25, -0.2) is 0 Å². The van der Waals surface area contributed by atoms with Crippen LogP contribution in [0.3, 0.4) is 0 Å². The number of rotatable bonds is 8. The molecule has 0 rings (SSSR count). The molecule has 0 aliphatic heterocycles. The van der Waals surface area contributed by atoms with E-state index in [2.05, 4.69) is 26.1 Å². The first-order chi connectivity index (χ1) is 7.15. The second-order valence-corrected chi connectivity index (χ2v) is 4.18. The van der Waals surface area contributed by atoms with Gasteiger partial charge in [-0.05, 0) is 12.3 Å². The number of amides is 1. The van der Waals surface area contributed by atoms with Crippen LogP contribution in [0, 0.1) is 5.92 Å². The Labute approximate surface area is 93.8 Å². The number of nitrogens with two attached hydrogens (primary N) is 1. The lowest BCUT2D eigenvalue weighted by molar-refractivity contribution is -0.122. The summed E-state index contributed by atoms with van der Waals surface area (Å²) in [4.78, 5) is 11.5. The zero-order valence-electron chi connectivity index (χ0n) is 10.4. The quantitative estimate of drug-likeness (QED) is 0.650. The topological polar surface area (TPSA) is 55.1 Å². The third kappa shape index (κ3) is 6.50. The lowest BCUT2D eigenvalue weighted by atomic mass is 10.0. The van der Waals surface area contributed by atoms with Gasteiger partial charge in [0.1, 0.15) is 0 Å². The molecular weight excluding hydrogens is 188 g/mol. The highest BCUT2D eigenvalue weighted by atomic mass is 16.2. The molecule has 90 valence electrons. The van der Waals surface area contributed by atoms with Crippen molar-refractivity contribution in [3.05, 3.63) is 0 Å². The SMILES string of the molecule is CCCC[C@H](N)C(=O)NCC(CC)CC. The fourth-order valence-electron chi connectivity index (χ4n) is 1.51. The molecule has 0 aromatic heterocycles. The first-order valence-corrected chi connectivity index (χ1v) is 6.18. The number of carbonyl (C=O) groups is 1. The highest BCUT2D eigenvalue weighted by Gasteiger charge is 2.13. The fraction of sp³-hybridized carbons (Fsp3) is 0.917. The van der Waals surface area contributed by atoms with Crippen molar-refractivity contribution in [1.82, 2.24) is 5.32 Å². The van der Waals surface area contributed by atoms with E-state index in [0.29, 0.717) is 5.92 Å². The number of unbranched alkanes of at least 4 members (excludes halogenated alkanes) is 1. The summed E-state index contributed by atoms with van der Waals surface area (Å²) in [6.07, 6.45) is 5.14. The predicted molar refractivity (Wildman–Crippen MR) is 64.6 cm³/mol. The maximum atomic E-state index is 11.5. The third-order valence-corrected chi connectivity index (χ3v) is 2.93. The van der Waals surface area contributed by atoms with Gasteiger partial charge in [0.25, 0.3) is 0 Å². The average molecular weight is 214 g/mol. The molecule has 3 nitrogen and oxygen atoms in total. The van der Waals surface area contributed by atoms with E-state index in [1.54, 1.807) is 0 Å². The molecule has 1 amide bonds. The molecule has 0 fully saturated rings. The summed E-state index contributed by atoms with van der Waals surface area (Å²) in [6.45, 7) is 7.18. The predicted octanol–water partition coefficient (Wildman–Crippen LogP) is 2.06. The third-order valence-electron chi connectivity index (χ3n) is 2.93. The first kappa shape index (κ1) is 14.4. The Morgan fingerprint density at radius 3 is 2.33 bits per heavy atom. The van der Waals surface area contributed by atoms with Gasteiger partial charge in [0, 0.05) is 6.54 Å². The van der Waals surface area contributed by atoms with Crippen LogP contribution in [0.25, 0.3) is 0 Å². The molecule has 0 aromatic carbocycles. The largest absolute Gasteiger partial charge is 0.354 e. The summed E-state index contributed by atoms with van der Waals surface area (Å²) in [6, 6.07) is -0.320. The summed E-state index contributed by atoms with van der Waals surface area (Å²) >= 11 is 0. The summed E-state index contributed by atoms with van der Waals surface area (Å²) in [5.74, 6) is 0.600. The van der Waals surface area contributed by atoms with Crippen molar-refractivity contribution in [3.8, 4) is 0 Å². The second kappa shape index (κ2) is 8.72. The van der Waals surface area contributed by atoms with Gasteiger partial charge in [0.05, 0.1) is 6.04 Å².